The first kappa shape index (κ1) is 15.2. The summed E-state index contributed by atoms with van der Waals surface area (Å²) >= 11 is 9.03. The van der Waals surface area contributed by atoms with E-state index in [-0.39, 0.29) is 5.75 Å². The molecule has 0 aliphatic carbocycles. The summed E-state index contributed by atoms with van der Waals surface area (Å²) < 4.78 is 6.01. The summed E-state index contributed by atoms with van der Waals surface area (Å²) in [6.45, 7) is 0. The van der Waals surface area contributed by atoms with E-state index in [0.717, 1.165) is 12.1 Å². The van der Waals surface area contributed by atoms with Crippen LogP contribution in [0.2, 0.25) is 5.02 Å². The van der Waals surface area contributed by atoms with Crippen molar-refractivity contribution < 1.29 is 14.6 Å². The van der Waals surface area contributed by atoms with Crippen molar-refractivity contribution >= 4 is 38.9 Å². The Labute approximate surface area is 131 Å². The van der Waals surface area contributed by atoms with Gasteiger partial charge in [-0.2, -0.15) is 0 Å². The minimum atomic E-state index is -0.831. The minimum absolute atomic E-state index is 0.107. The molecule has 0 saturated heterocycles. The molecule has 0 heterocycles. The van der Waals surface area contributed by atoms with Gasteiger partial charge in [-0.05, 0) is 40.2 Å². The SMILES string of the molecule is O=[N+]([O-])c1ccc(Oc2ccc(Cl)cc2Br)cc1[N+](=O)[O-]. The first-order valence-corrected chi connectivity index (χ1v) is 6.61. The molecule has 0 bridgehead atoms. The van der Waals surface area contributed by atoms with Gasteiger partial charge >= 0.3 is 11.4 Å². The third-order valence-electron chi connectivity index (χ3n) is 2.46. The molecule has 0 radical (unpaired) electrons. The highest BCUT2D eigenvalue weighted by Gasteiger charge is 2.24. The monoisotopic (exact) mass is 372 g/mol. The average molecular weight is 374 g/mol. The van der Waals surface area contributed by atoms with Gasteiger partial charge in [0, 0.05) is 11.1 Å². The van der Waals surface area contributed by atoms with Crippen molar-refractivity contribution in [2.24, 2.45) is 0 Å². The molecule has 0 atom stereocenters. The molecule has 2 aromatic carbocycles. The van der Waals surface area contributed by atoms with E-state index in [9.17, 15) is 20.2 Å². The van der Waals surface area contributed by atoms with E-state index < -0.39 is 21.2 Å². The molecule has 0 fully saturated rings. The minimum Gasteiger partial charge on any atom is -0.456 e. The van der Waals surface area contributed by atoms with E-state index in [4.69, 9.17) is 16.3 Å². The molecule has 0 aliphatic rings. The van der Waals surface area contributed by atoms with Crippen LogP contribution >= 0.6 is 27.5 Å². The lowest BCUT2D eigenvalue weighted by Gasteiger charge is -2.07. The number of benzene rings is 2. The zero-order chi connectivity index (χ0) is 15.6. The second-order valence-corrected chi connectivity index (χ2v) is 5.13. The maximum absolute atomic E-state index is 10.9. The lowest BCUT2D eigenvalue weighted by molar-refractivity contribution is -0.422. The van der Waals surface area contributed by atoms with Crippen LogP contribution in [0.4, 0.5) is 11.4 Å². The summed E-state index contributed by atoms with van der Waals surface area (Å²) in [5, 5.41) is 22.1. The standard InChI is InChI=1S/C12H6BrClN2O5/c13-9-5-7(14)1-4-12(9)21-8-2-3-10(15(17)18)11(6-8)16(19)20/h1-6H. The molecule has 21 heavy (non-hydrogen) atoms. The van der Waals surface area contributed by atoms with Crippen LogP contribution in [0.15, 0.2) is 40.9 Å². The Bertz CT molecular complexity index is 738. The van der Waals surface area contributed by atoms with Gasteiger partial charge in [-0.25, -0.2) is 0 Å². The largest absolute Gasteiger partial charge is 0.456 e. The highest BCUT2D eigenvalue weighted by atomic mass is 79.9. The zero-order valence-electron chi connectivity index (χ0n) is 10.2. The Morgan fingerprint density at radius 2 is 1.67 bits per heavy atom. The van der Waals surface area contributed by atoms with Crippen LogP contribution in [0.1, 0.15) is 0 Å². The van der Waals surface area contributed by atoms with Crippen molar-refractivity contribution in [1.82, 2.24) is 0 Å². The highest BCUT2D eigenvalue weighted by molar-refractivity contribution is 9.10. The van der Waals surface area contributed by atoms with Crippen LogP contribution < -0.4 is 4.74 Å². The molecule has 0 spiro atoms. The van der Waals surface area contributed by atoms with E-state index in [1.165, 1.54) is 6.07 Å². The Hall–Kier alpha value is -2.19. The highest BCUT2D eigenvalue weighted by Crippen LogP contribution is 2.36. The van der Waals surface area contributed by atoms with Crippen LogP contribution in [0.5, 0.6) is 11.5 Å². The van der Waals surface area contributed by atoms with Crippen molar-refractivity contribution in [3.05, 3.63) is 66.1 Å². The number of hydrogen-bond acceptors (Lipinski definition) is 5. The number of nitrogens with zero attached hydrogens (tertiary/aromatic N) is 2. The van der Waals surface area contributed by atoms with E-state index in [1.807, 2.05) is 0 Å². The maximum atomic E-state index is 10.9. The number of nitro benzene ring substituents is 2. The summed E-state index contributed by atoms with van der Waals surface area (Å²) in [5.41, 5.74) is -1.23. The van der Waals surface area contributed by atoms with Gasteiger partial charge in [0.1, 0.15) is 11.5 Å². The third-order valence-corrected chi connectivity index (χ3v) is 3.32. The smallest absolute Gasteiger partial charge is 0.349 e. The van der Waals surface area contributed by atoms with Gasteiger partial charge < -0.3 is 4.74 Å². The molecule has 0 unspecified atom stereocenters. The normalized spacial score (nSPS) is 10.2. The van der Waals surface area contributed by atoms with Crippen molar-refractivity contribution in [3.8, 4) is 11.5 Å². The van der Waals surface area contributed by atoms with E-state index >= 15 is 0 Å². The van der Waals surface area contributed by atoms with E-state index in [0.29, 0.717) is 15.2 Å². The zero-order valence-corrected chi connectivity index (χ0v) is 12.5. The Kier molecular flexibility index (Phi) is 4.39. The van der Waals surface area contributed by atoms with Gasteiger partial charge in [-0.15, -0.1) is 0 Å². The fourth-order valence-corrected chi connectivity index (χ4v) is 2.32. The third kappa shape index (κ3) is 3.47. The lowest BCUT2D eigenvalue weighted by atomic mass is 10.2. The molecule has 2 aromatic rings. The first-order valence-electron chi connectivity index (χ1n) is 5.44. The van der Waals surface area contributed by atoms with Gasteiger partial charge in [0.25, 0.3) is 0 Å². The maximum Gasteiger partial charge on any atom is 0.349 e. The van der Waals surface area contributed by atoms with Crippen LogP contribution in [0.25, 0.3) is 0 Å². The first-order chi connectivity index (χ1) is 9.88. The topological polar surface area (TPSA) is 95.5 Å². The van der Waals surface area contributed by atoms with E-state index in [1.54, 1.807) is 18.2 Å². The molecule has 108 valence electrons. The molecular weight excluding hydrogens is 367 g/mol. The number of rotatable bonds is 4. The van der Waals surface area contributed by atoms with Gasteiger partial charge in [-0.1, -0.05) is 11.6 Å². The molecule has 0 N–H and O–H groups in total. The van der Waals surface area contributed by atoms with Gasteiger partial charge in [0.05, 0.1) is 20.4 Å². The summed E-state index contributed by atoms with van der Waals surface area (Å²) in [5.74, 6) is 0.484. The molecular formula is C12H6BrClN2O5. The van der Waals surface area contributed by atoms with Crippen molar-refractivity contribution in [3.63, 3.8) is 0 Å². The van der Waals surface area contributed by atoms with Crippen LogP contribution in [0, 0.1) is 20.2 Å². The average Bonchev–Trinajstić information content (AvgIpc) is 2.41. The molecule has 7 nitrogen and oxygen atoms in total. The molecule has 0 aliphatic heterocycles. The second kappa shape index (κ2) is 6.06. The van der Waals surface area contributed by atoms with Crippen molar-refractivity contribution in [2.45, 2.75) is 0 Å². The lowest BCUT2D eigenvalue weighted by Crippen LogP contribution is -1.97. The molecule has 0 saturated carbocycles. The molecule has 2 rings (SSSR count). The Morgan fingerprint density at radius 3 is 2.24 bits per heavy atom. The fourth-order valence-electron chi connectivity index (χ4n) is 1.55. The van der Waals surface area contributed by atoms with Crippen molar-refractivity contribution in [1.29, 1.82) is 0 Å². The summed E-state index contributed by atoms with van der Waals surface area (Å²) in [4.78, 5) is 19.9. The number of nitro groups is 2. The van der Waals surface area contributed by atoms with Crippen LogP contribution in [-0.2, 0) is 0 Å². The summed E-state index contributed by atoms with van der Waals surface area (Å²) in [7, 11) is 0. The van der Waals surface area contributed by atoms with Crippen LogP contribution in [-0.4, -0.2) is 9.85 Å². The number of halogens is 2. The predicted molar refractivity (Wildman–Crippen MR) is 79.0 cm³/mol. The predicted octanol–water partition coefficient (Wildman–Crippen LogP) is 4.71. The summed E-state index contributed by atoms with van der Waals surface area (Å²) in [6, 6.07) is 8.06. The van der Waals surface area contributed by atoms with Crippen molar-refractivity contribution in [2.75, 3.05) is 0 Å². The fraction of sp³-hybridized carbons (Fsp3) is 0. The summed E-state index contributed by atoms with van der Waals surface area (Å²) in [6.07, 6.45) is 0. The second-order valence-electron chi connectivity index (χ2n) is 3.84. The molecule has 0 aromatic heterocycles. The Morgan fingerprint density at radius 1 is 1.00 bits per heavy atom. The number of ether oxygens (including phenoxy) is 1. The van der Waals surface area contributed by atoms with Gasteiger partial charge in [-0.3, -0.25) is 20.2 Å². The molecule has 0 amide bonds. The number of hydrogen-bond donors (Lipinski definition) is 0. The van der Waals surface area contributed by atoms with Gasteiger partial charge in [0.2, 0.25) is 0 Å². The Balaban J connectivity index is 2.39. The van der Waals surface area contributed by atoms with E-state index in [2.05, 4.69) is 15.9 Å². The molecule has 9 heteroatoms. The van der Waals surface area contributed by atoms with Crippen LogP contribution in [0.3, 0.4) is 0 Å². The quantitative estimate of drug-likeness (QED) is 0.571. The van der Waals surface area contributed by atoms with Gasteiger partial charge in [0.15, 0.2) is 0 Å².